The fraction of sp³-hybridized carbons (Fsp3) is 0.192. The lowest BCUT2D eigenvalue weighted by atomic mass is 10.0. The maximum absolute atomic E-state index is 13.0. The van der Waals surface area contributed by atoms with E-state index in [0.29, 0.717) is 22.7 Å². The zero-order valence-electron chi connectivity index (χ0n) is 18.5. The van der Waals surface area contributed by atoms with E-state index in [1.807, 2.05) is 55.5 Å². The van der Waals surface area contributed by atoms with Gasteiger partial charge in [0.2, 0.25) is 0 Å². The third-order valence-corrected chi connectivity index (χ3v) is 6.17. The number of nitrogens with zero attached hydrogens (tertiary/aromatic N) is 2. The van der Waals surface area contributed by atoms with Crippen LogP contribution in [-0.2, 0) is 22.5 Å². The minimum Gasteiger partial charge on any atom is -0.492 e. The van der Waals surface area contributed by atoms with Gasteiger partial charge in [-0.3, -0.25) is 9.59 Å². The Morgan fingerprint density at radius 1 is 0.939 bits per heavy atom. The Kier molecular flexibility index (Phi) is 7.00. The molecule has 0 fully saturated rings. The van der Waals surface area contributed by atoms with Crippen LogP contribution < -0.4 is 9.54 Å². The zero-order chi connectivity index (χ0) is 23.2. The molecule has 4 aromatic rings. The number of fused-ring (bicyclic) bond motifs is 1. The monoisotopic (exact) mass is 460 g/mol. The number of amides is 1. The van der Waals surface area contributed by atoms with Gasteiger partial charge in [0.1, 0.15) is 17.8 Å². The van der Waals surface area contributed by atoms with Gasteiger partial charge in [0, 0.05) is 5.56 Å². The standard InChI is InChI=1S/C26H24N2O4S/c1-3-32-21-10-7-11-22-24(21)28(17-23(29)31-2)26(33-22)27-25(30)20-14-12-19(13-15-20)16-18-8-5-4-6-9-18/h4-15H,3,16-17H2,1-2H3. The van der Waals surface area contributed by atoms with Gasteiger partial charge in [-0.1, -0.05) is 59.9 Å². The van der Waals surface area contributed by atoms with Crippen molar-refractivity contribution in [3.63, 3.8) is 0 Å². The van der Waals surface area contributed by atoms with Crippen LogP contribution in [0.1, 0.15) is 28.4 Å². The van der Waals surface area contributed by atoms with Crippen LogP contribution in [0.2, 0.25) is 0 Å². The Hall–Kier alpha value is -3.71. The van der Waals surface area contributed by atoms with E-state index in [-0.39, 0.29) is 12.5 Å². The molecular weight excluding hydrogens is 436 g/mol. The Morgan fingerprint density at radius 3 is 2.36 bits per heavy atom. The summed E-state index contributed by atoms with van der Waals surface area (Å²) in [5, 5.41) is 0. The Bertz CT molecular complexity index is 1340. The predicted octanol–water partition coefficient (Wildman–Crippen LogP) is 4.61. The van der Waals surface area contributed by atoms with Crippen LogP contribution in [0, 0.1) is 0 Å². The summed E-state index contributed by atoms with van der Waals surface area (Å²) in [5.74, 6) is -0.168. The van der Waals surface area contributed by atoms with Gasteiger partial charge in [-0.25, -0.2) is 0 Å². The smallest absolute Gasteiger partial charge is 0.325 e. The first-order valence-corrected chi connectivity index (χ1v) is 11.4. The molecule has 0 N–H and O–H groups in total. The summed E-state index contributed by atoms with van der Waals surface area (Å²) in [6.07, 6.45) is 0.794. The third kappa shape index (κ3) is 5.21. The van der Waals surface area contributed by atoms with Crippen LogP contribution in [-0.4, -0.2) is 30.2 Å². The molecule has 0 saturated heterocycles. The van der Waals surface area contributed by atoms with Crippen LogP contribution in [0.3, 0.4) is 0 Å². The highest BCUT2D eigenvalue weighted by atomic mass is 32.1. The molecule has 0 aliphatic rings. The molecule has 33 heavy (non-hydrogen) atoms. The molecule has 3 aromatic carbocycles. The first-order chi connectivity index (χ1) is 16.1. The van der Waals surface area contributed by atoms with E-state index in [4.69, 9.17) is 9.47 Å². The van der Waals surface area contributed by atoms with Crippen molar-refractivity contribution < 1.29 is 19.1 Å². The Morgan fingerprint density at radius 2 is 1.67 bits per heavy atom. The van der Waals surface area contributed by atoms with Crippen LogP contribution in [0.25, 0.3) is 10.2 Å². The SMILES string of the molecule is CCOc1cccc2sc(=NC(=O)c3ccc(Cc4ccccc4)cc3)n(CC(=O)OC)c12. The van der Waals surface area contributed by atoms with E-state index in [9.17, 15) is 9.59 Å². The van der Waals surface area contributed by atoms with Gasteiger partial charge in [-0.15, -0.1) is 0 Å². The molecule has 0 aliphatic carbocycles. The molecule has 0 unspecified atom stereocenters. The minimum absolute atomic E-state index is 0.0668. The van der Waals surface area contributed by atoms with E-state index < -0.39 is 5.97 Å². The lowest BCUT2D eigenvalue weighted by molar-refractivity contribution is -0.141. The first-order valence-electron chi connectivity index (χ1n) is 10.6. The van der Waals surface area contributed by atoms with Crippen LogP contribution in [0.4, 0.5) is 0 Å². The average Bonchev–Trinajstić information content (AvgIpc) is 3.17. The molecule has 0 aliphatic heterocycles. The van der Waals surface area contributed by atoms with Crippen molar-refractivity contribution in [1.29, 1.82) is 0 Å². The molecular formula is C26H24N2O4S. The number of benzene rings is 3. The third-order valence-electron chi connectivity index (χ3n) is 5.13. The average molecular weight is 461 g/mol. The van der Waals surface area contributed by atoms with Gasteiger partial charge in [0.15, 0.2) is 4.80 Å². The summed E-state index contributed by atoms with van der Waals surface area (Å²) in [4.78, 5) is 29.8. The molecule has 7 heteroatoms. The molecule has 168 valence electrons. The van der Waals surface area contributed by atoms with Crippen molar-refractivity contribution >= 4 is 33.4 Å². The summed E-state index contributed by atoms with van der Waals surface area (Å²) in [5.41, 5.74) is 3.53. The molecule has 1 aromatic heterocycles. The lowest BCUT2D eigenvalue weighted by Crippen LogP contribution is -2.22. The summed E-state index contributed by atoms with van der Waals surface area (Å²) in [6.45, 7) is 2.31. The van der Waals surface area contributed by atoms with Gasteiger partial charge in [0.05, 0.1) is 18.4 Å². The van der Waals surface area contributed by atoms with Gasteiger partial charge >= 0.3 is 5.97 Å². The van der Waals surface area contributed by atoms with Crippen molar-refractivity contribution in [2.75, 3.05) is 13.7 Å². The summed E-state index contributed by atoms with van der Waals surface area (Å²) < 4.78 is 13.2. The number of para-hydroxylation sites is 1. The van der Waals surface area contributed by atoms with E-state index in [2.05, 4.69) is 17.1 Å². The number of carbonyl (C=O) groups is 2. The maximum atomic E-state index is 13.0. The maximum Gasteiger partial charge on any atom is 0.325 e. The number of aromatic nitrogens is 1. The Labute approximate surface area is 195 Å². The minimum atomic E-state index is -0.430. The van der Waals surface area contributed by atoms with E-state index >= 15 is 0 Å². The molecule has 1 amide bonds. The highest BCUT2D eigenvalue weighted by molar-refractivity contribution is 7.16. The number of thiazole rings is 1. The largest absolute Gasteiger partial charge is 0.492 e. The second kappa shape index (κ2) is 10.3. The van der Waals surface area contributed by atoms with Crippen LogP contribution >= 0.6 is 11.3 Å². The van der Waals surface area contributed by atoms with Gasteiger partial charge in [-0.2, -0.15) is 4.99 Å². The number of esters is 1. The van der Waals surface area contributed by atoms with Gasteiger partial charge in [-0.05, 0) is 48.7 Å². The number of methoxy groups -OCH3 is 1. The van der Waals surface area contributed by atoms with E-state index in [1.165, 1.54) is 24.0 Å². The molecule has 0 spiro atoms. The van der Waals surface area contributed by atoms with Gasteiger partial charge < -0.3 is 14.0 Å². The zero-order valence-corrected chi connectivity index (χ0v) is 19.3. The summed E-state index contributed by atoms with van der Waals surface area (Å²) >= 11 is 1.33. The quantitative estimate of drug-likeness (QED) is 0.378. The number of hydrogen-bond donors (Lipinski definition) is 0. The number of rotatable bonds is 7. The van der Waals surface area contributed by atoms with Gasteiger partial charge in [0.25, 0.3) is 5.91 Å². The molecule has 0 atom stereocenters. The molecule has 1 heterocycles. The highest BCUT2D eigenvalue weighted by Crippen LogP contribution is 2.27. The number of ether oxygens (including phenoxy) is 2. The van der Waals surface area contributed by atoms with Crippen LogP contribution in [0.5, 0.6) is 5.75 Å². The molecule has 0 bridgehead atoms. The lowest BCUT2D eigenvalue weighted by Gasteiger charge is -2.08. The van der Waals surface area contributed by atoms with Crippen molar-refractivity contribution in [3.8, 4) is 5.75 Å². The first kappa shape index (κ1) is 22.5. The predicted molar refractivity (Wildman–Crippen MR) is 129 cm³/mol. The number of hydrogen-bond acceptors (Lipinski definition) is 5. The molecule has 0 saturated carbocycles. The number of carbonyl (C=O) groups excluding carboxylic acids is 2. The molecule has 0 radical (unpaired) electrons. The second-order valence-electron chi connectivity index (χ2n) is 7.36. The second-order valence-corrected chi connectivity index (χ2v) is 8.37. The summed E-state index contributed by atoms with van der Waals surface area (Å²) in [6, 6.07) is 23.2. The van der Waals surface area contributed by atoms with Crippen molar-refractivity contribution in [3.05, 3.63) is 94.3 Å². The highest BCUT2D eigenvalue weighted by Gasteiger charge is 2.16. The van der Waals surface area contributed by atoms with Crippen molar-refractivity contribution in [2.24, 2.45) is 4.99 Å². The van der Waals surface area contributed by atoms with Crippen LogP contribution in [0.15, 0.2) is 77.8 Å². The topological polar surface area (TPSA) is 69.9 Å². The Balaban J connectivity index is 1.68. The van der Waals surface area contributed by atoms with Crippen molar-refractivity contribution in [2.45, 2.75) is 19.9 Å². The molecule has 6 nitrogen and oxygen atoms in total. The fourth-order valence-electron chi connectivity index (χ4n) is 3.54. The van der Waals surface area contributed by atoms with Crippen molar-refractivity contribution in [1.82, 2.24) is 4.57 Å². The summed E-state index contributed by atoms with van der Waals surface area (Å²) in [7, 11) is 1.33. The normalized spacial score (nSPS) is 11.5. The van der Waals surface area contributed by atoms with E-state index in [1.54, 1.807) is 16.7 Å². The molecule has 4 rings (SSSR count). The fourth-order valence-corrected chi connectivity index (χ4v) is 4.59. The van der Waals surface area contributed by atoms with E-state index in [0.717, 1.165) is 22.2 Å².